The molecule has 1 atom stereocenters. The zero-order valence-corrected chi connectivity index (χ0v) is 15.0. The Morgan fingerprint density at radius 1 is 1.24 bits per heavy atom. The SMILES string of the molecule is CN(CC(=O)N1CCC(C(=O)O)CC1)C(=O)C1CSc2ccccc21. The summed E-state index contributed by atoms with van der Waals surface area (Å²) < 4.78 is 0. The molecule has 2 aliphatic rings. The van der Waals surface area contributed by atoms with E-state index in [1.165, 1.54) is 4.90 Å². The number of nitrogens with zero attached hydrogens (tertiary/aromatic N) is 2. The Bertz CT molecular complexity index is 685. The van der Waals surface area contributed by atoms with Crippen molar-refractivity contribution in [3.8, 4) is 0 Å². The molecule has 3 rings (SSSR count). The molecular formula is C18H22N2O4S. The average molecular weight is 362 g/mol. The number of fused-ring (bicyclic) bond motifs is 1. The lowest BCUT2D eigenvalue weighted by molar-refractivity contribution is -0.146. The molecule has 1 aromatic carbocycles. The lowest BCUT2D eigenvalue weighted by Crippen LogP contribution is -2.46. The van der Waals surface area contributed by atoms with Crippen molar-refractivity contribution < 1.29 is 19.5 Å². The number of piperidine rings is 1. The molecule has 2 aliphatic heterocycles. The monoisotopic (exact) mass is 362 g/mol. The first-order chi connectivity index (χ1) is 12.0. The predicted octanol–water partition coefficient (Wildman–Crippen LogP) is 1.66. The van der Waals surface area contributed by atoms with E-state index < -0.39 is 5.97 Å². The molecule has 1 N–H and O–H groups in total. The number of rotatable bonds is 4. The molecule has 1 saturated heterocycles. The highest BCUT2D eigenvalue weighted by Gasteiger charge is 2.33. The minimum Gasteiger partial charge on any atom is -0.481 e. The van der Waals surface area contributed by atoms with Gasteiger partial charge >= 0.3 is 5.97 Å². The van der Waals surface area contributed by atoms with Crippen LogP contribution >= 0.6 is 11.8 Å². The first kappa shape index (κ1) is 17.8. The topological polar surface area (TPSA) is 77.9 Å². The number of carbonyl (C=O) groups excluding carboxylic acids is 2. The number of thioether (sulfide) groups is 1. The van der Waals surface area contributed by atoms with Gasteiger partial charge in [0.2, 0.25) is 11.8 Å². The summed E-state index contributed by atoms with van der Waals surface area (Å²) in [7, 11) is 1.66. The Hall–Kier alpha value is -2.02. The van der Waals surface area contributed by atoms with E-state index >= 15 is 0 Å². The second-order valence-corrected chi connectivity index (χ2v) is 7.65. The van der Waals surface area contributed by atoms with E-state index in [1.54, 1.807) is 23.7 Å². The van der Waals surface area contributed by atoms with Crippen LogP contribution in [-0.4, -0.2) is 65.1 Å². The van der Waals surface area contributed by atoms with Crippen molar-refractivity contribution in [2.24, 2.45) is 5.92 Å². The van der Waals surface area contributed by atoms with Crippen LogP contribution in [0.1, 0.15) is 24.3 Å². The largest absolute Gasteiger partial charge is 0.481 e. The van der Waals surface area contributed by atoms with Gasteiger partial charge in [-0.25, -0.2) is 0 Å². The summed E-state index contributed by atoms with van der Waals surface area (Å²) in [5, 5.41) is 9.02. The summed E-state index contributed by atoms with van der Waals surface area (Å²) in [6.45, 7) is 0.930. The van der Waals surface area contributed by atoms with Crippen LogP contribution < -0.4 is 0 Å². The molecule has 1 fully saturated rings. The van der Waals surface area contributed by atoms with Crippen molar-refractivity contribution in [1.29, 1.82) is 0 Å². The number of aliphatic carboxylic acids is 1. The van der Waals surface area contributed by atoms with E-state index in [-0.39, 0.29) is 30.2 Å². The van der Waals surface area contributed by atoms with Crippen LogP contribution in [0.25, 0.3) is 0 Å². The zero-order valence-electron chi connectivity index (χ0n) is 14.2. The van der Waals surface area contributed by atoms with Gasteiger partial charge in [-0.3, -0.25) is 14.4 Å². The molecule has 1 unspecified atom stereocenters. The number of carboxylic acid groups (broad SMARTS) is 1. The highest BCUT2D eigenvalue weighted by atomic mass is 32.2. The van der Waals surface area contributed by atoms with Gasteiger partial charge in [-0.2, -0.15) is 0 Å². The molecule has 0 aliphatic carbocycles. The fourth-order valence-electron chi connectivity index (χ4n) is 3.39. The Labute approximate surface area is 151 Å². The van der Waals surface area contributed by atoms with Gasteiger partial charge in [-0.05, 0) is 24.5 Å². The quantitative estimate of drug-likeness (QED) is 0.881. The van der Waals surface area contributed by atoms with Gasteiger partial charge in [0.05, 0.1) is 18.4 Å². The maximum Gasteiger partial charge on any atom is 0.306 e. The first-order valence-corrected chi connectivity index (χ1v) is 9.43. The number of hydrogen-bond donors (Lipinski definition) is 1. The number of hydrogen-bond acceptors (Lipinski definition) is 4. The smallest absolute Gasteiger partial charge is 0.306 e. The van der Waals surface area contributed by atoms with Crippen molar-refractivity contribution in [1.82, 2.24) is 9.80 Å². The van der Waals surface area contributed by atoms with E-state index in [0.717, 1.165) is 10.5 Å². The third-order valence-corrected chi connectivity index (χ3v) is 6.13. The van der Waals surface area contributed by atoms with Crippen LogP contribution in [0.3, 0.4) is 0 Å². The van der Waals surface area contributed by atoms with Gasteiger partial charge in [0.1, 0.15) is 0 Å². The molecule has 25 heavy (non-hydrogen) atoms. The van der Waals surface area contributed by atoms with E-state index in [9.17, 15) is 14.4 Å². The number of benzene rings is 1. The standard InChI is InChI=1S/C18H22N2O4S/c1-19(10-16(21)20-8-6-12(7-9-20)18(23)24)17(22)14-11-25-15-5-3-2-4-13(14)15/h2-5,12,14H,6-11H2,1H3,(H,23,24). The molecule has 134 valence electrons. The molecule has 0 bridgehead atoms. The van der Waals surface area contributed by atoms with Crippen molar-refractivity contribution in [2.75, 3.05) is 32.4 Å². The van der Waals surface area contributed by atoms with E-state index in [1.807, 2.05) is 24.3 Å². The van der Waals surface area contributed by atoms with Crippen molar-refractivity contribution in [2.45, 2.75) is 23.7 Å². The van der Waals surface area contributed by atoms with Gasteiger partial charge in [0.15, 0.2) is 0 Å². The molecule has 0 spiro atoms. The second-order valence-electron chi connectivity index (χ2n) is 6.59. The maximum atomic E-state index is 12.7. The van der Waals surface area contributed by atoms with Crippen LogP contribution in [0.15, 0.2) is 29.2 Å². The first-order valence-electron chi connectivity index (χ1n) is 8.44. The fourth-order valence-corrected chi connectivity index (χ4v) is 4.61. The molecule has 0 saturated carbocycles. The van der Waals surface area contributed by atoms with Gasteiger partial charge in [0, 0.05) is 30.8 Å². The molecular weight excluding hydrogens is 340 g/mol. The van der Waals surface area contributed by atoms with Crippen LogP contribution in [0.4, 0.5) is 0 Å². The Morgan fingerprint density at radius 2 is 1.92 bits per heavy atom. The average Bonchev–Trinajstić information content (AvgIpc) is 3.05. The Morgan fingerprint density at radius 3 is 2.60 bits per heavy atom. The maximum absolute atomic E-state index is 12.7. The van der Waals surface area contributed by atoms with Gasteiger partial charge in [0.25, 0.3) is 0 Å². The van der Waals surface area contributed by atoms with Crippen molar-refractivity contribution in [3.63, 3.8) is 0 Å². The second kappa shape index (κ2) is 7.47. The minimum atomic E-state index is -0.795. The van der Waals surface area contributed by atoms with Crippen molar-refractivity contribution >= 4 is 29.5 Å². The Balaban J connectivity index is 1.56. The van der Waals surface area contributed by atoms with Crippen LogP contribution in [-0.2, 0) is 14.4 Å². The van der Waals surface area contributed by atoms with Crippen LogP contribution in [0.5, 0.6) is 0 Å². The minimum absolute atomic E-state index is 0.0359. The number of likely N-dealkylation sites (tertiary alicyclic amines) is 1. The van der Waals surface area contributed by atoms with E-state index in [0.29, 0.717) is 31.7 Å². The molecule has 1 aromatic rings. The number of amides is 2. The summed E-state index contributed by atoms with van der Waals surface area (Å²) in [6.07, 6.45) is 0.955. The highest BCUT2D eigenvalue weighted by molar-refractivity contribution is 7.99. The molecule has 6 nitrogen and oxygen atoms in total. The van der Waals surface area contributed by atoms with Gasteiger partial charge < -0.3 is 14.9 Å². The highest BCUT2D eigenvalue weighted by Crippen LogP contribution is 2.40. The molecule has 2 amide bonds. The molecule has 0 radical (unpaired) electrons. The van der Waals surface area contributed by atoms with Crippen LogP contribution in [0.2, 0.25) is 0 Å². The third-order valence-electron chi connectivity index (χ3n) is 4.94. The number of carboxylic acids is 1. The predicted molar refractivity (Wildman–Crippen MR) is 94.5 cm³/mol. The summed E-state index contributed by atoms with van der Waals surface area (Å²) in [5.74, 6) is -0.797. The summed E-state index contributed by atoms with van der Waals surface area (Å²) >= 11 is 1.67. The zero-order chi connectivity index (χ0) is 18.0. The number of carbonyl (C=O) groups is 3. The van der Waals surface area contributed by atoms with Gasteiger partial charge in [-0.15, -0.1) is 11.8 Å². The lowest BCUT2D eigenvalue weighted by Gasteiger charge is -2.31. The van der Waals surface area contributed by atoms with E-state index in [4.69, 9.17) is 5.11 Å². The summed E-state index contributed by atoms with van der Waals surface area (Å²) in [6, 6.07) is 7.89. The molecule has 0 aromatic heterocycles. The normalized spacial score (nSPS) is 20.2. The van der Waals surface area contributed by atoms with Crippen LogP contribution in [0, 0.1) is 5.92 Å². The lowest BCUT2D eigenvalue weighted by atomic mass is 9.97. The van der Waals surface area contributed by atoms with Gasteiger partial charge in [-0.1, -0.05) is 18.2 Å². The third kappa shape index (κ3) is 3.81. The summed E-state index contributed by atoms with van der Waals surface area (Å²) in [5.41, 5.74) is 1.04. The molecule has 7 heteroatoms. The fraction of sp³-hybridized carbons (Fsp3) is 0.500. The summed E-state index contributed by atoms with van der Waals surface area (Å²) in [4.78, 5) is 40.5. The Kier molecular flexibility index (Phi) is 5.32. The van der Waals surface area contributed by atoms with E-state index in [2.05, 4.69) is 0 Å². The number of likely N-dealkylation sites (N-methyl/N-ethyl adjacent to an activating group) is 1. The van der Waals surface area contributed by atoms with Crippen molar-refractivity contribution in [3.05, 3.63) is 29.8 Å². The molecule has 2 heterocycles.